The smallest absolute Gasteiger partial charge is 0.217 e. The van der Waals surface area contributed by atoms with E-state index in [9.17, 15) is 112 Å². The van der Waals surface area contributed by atoms with Crippen LogP contribution in [0, 0.1) is 0 Å². The maximum absolute atomic E-state index is 12.7. The van der Waals surface area contributed by atoms with Crippen molar-refractivity contribution >= 4 is 11.8 Å². The number of carbonyl (C=O) groups excluding carboxylic acids is 2. The molecule has 0 aromatic carbocycles. The summed E-state index contributed by atoms with van der Waals surface area (Å²) in [6, 6.07) is -2.92. The summed E-state index contributed by atoms with van der Waals surface area (Å²) in [4.78, 5) is 24.8. The van der Waals surface area contributed by atoms with Gasteiger partial charge in [-0.25, -0.2) is 0 Å². The van der Waals surface area contributed by atoms with Crippen LogP contribution in [0.25, 0.3) is 0 Å². The van der Waals surface area contributed by atoms with E-state index in [0.29, 0.717) is 0 Å². The molecule has 0 saturated carbocycles. The molecular weight excluding hydrogens is 1140 g/mol. The average Bonchev–Trinajstić information content (AvgIpc) is 3.16. The summed E-state index contributed by atoms with van der Waals surface area (Å²) >= 11 is 0. The van der Waals surface area contributed by atoms with Crippen LogP contribution in [-0.2, 0) is 71.2 Å². The fourth-order valence-electron chi connectivity index (χ4n) is 10.6. The Morgan fingerprint density at radius 3 is 1.11 bits per heavy atom. The molecule has 7 saturated heterocycles. The zero-order valence-corrected chi connectivity index (χ0v) is 44.5. The fraction of sp³-hybridized carbons (Fsp3) is 0.957. The summed E-state index contributed by atoms with van der Waals surface area (Å²) in [6.07, 6.45) is -65.5. The lowest BCUT2D eigenvalue weighted by Gasteiger charge is -2.51. The van der Waals surface area contributed by atoms with Gasteiger partial charge in [0.1, 0.15) is 159 Å². The molecule has 14 unspecified atom stereocenters. The van der Waals surface area contributed by atoms with Crippen molar-refractivity contribution < 1.29 is 173 Å². The molecule has 0 spiro atoms. The van der Waals surface area contributed by atoms with Gasteiger partial charge in [-0.2, -0.15) is 0 Å². The van der Waals surface area contributed by atoms with Crippen LogP contribution >= 0.6 is 0 Å². The minimum atomic E-state index is -2.45. The van der Waals surface area contributed by atoms with Gasteiger partial charge in [0.05, 0.1) is 51.8 Å². The Balaban J connectivity index is 1.20. The third-order valence-electron chi connectivity index (χ3n) is 15.3. The monoisotopic (exact) mass is 1220 g/mol. The fourth-order valence-corrected chi connectivity index (χ4v) is 10.6. The van der Waals surface area contributed by atoms with Crippen molar-refractivity contribution in [1.82, 2.24) is 10.6 Å². The van der Waals surface area contributed by atoms with E-state index in [1.807, 2.05) is 0 Å². The van der Waals surface area contributed by atoms with E-state index < -0.39 is 266 Å². The second-order valence-corrected chi connectivity index (χ2v) is 21.1. The van der Waals surface area contributed by atoms with Crippen molar-refractivity contribution in [3.05, 3.63) is 0 Å². The highest BCUT2D eigenvalue weighted by atomic mass is 16.8. The molecule has 37 heteroatoms. The van der Waals surface area contributed by atoms with Crippen molar-refractivity contribution in [1.29, 1.82) is 0 Å². The largest absolute Gasteiger partial charge is 0.394 e. The van der Waals surface area contributed by atoms with Gasteiger partial charge in [-0.05, 0) is 6.92 Å². The third kappa shape index (κ3) is 14.7. The van der Waals surface area contributed by atoms with Crippen molar-refractivity contribution in [3.8, 4) is 0 Å². The van der Waals surface area contributed by atoms with Gasteiger partial charge in [0.25, 0.3) is 0 Å². The summed E-state index contributed by atoms with van der Waals surface area (Å²) in [5.74, 6) is -1.44. The number of ether oxygens (including phenoxy) is 13. The lowest BCUT2D eigenvalue weighted by atomic mass is 9.92. The molecule has 37 nitrogen and oxygen atoms in total. The first-order chi connectivity index (χ1) is 39.2. The maximum atomic E-state index is 12.7. The molecule has 7 heterocycles. The van der Waals surface area contributed by atoms with Crippen LogP contribution in [0.2, 0.25) is 0 Å². The van der Waals surface area contributed by atoms with E-state index >= 15 is 0 Å². The van der Waals surface area contributed by atoms with Gasteiger partial charge in [-0.15, -0.1) is 0 Å². The van der Waals surface area contributed by atoms with Crippen LogP contribution in [0.3, 0.4) is 0 Å². The van der Waals surface area contributed by atoms with E-state index in [2.05, 4.69) is 10.6 Å². The molecule has 2 amide bonds. The molecule has 7 fully saturated rings. The Hall–Kier alpha value is -2.38. The number of carbonyl (C=O) groups is 2. The first-order valence-corrected chi connectivity index (χ1v) is 26.5. The van der Waals surface area contributed by atoms with Crippen molar-refractivity contribution in [2.45, 2.75) is 236 Å². The topological polar surface area (TPSA) is 583 Å². The molecule has 83 heavy (non-hydrogen) atoms. The average molecular weight is 1220 g/mol. The highest BCUT2D eigenvalue weighted by Crippen LogP contribution is 2.38. The van der Waals surface area contributed by atoms with Crippen LogP contribution in [0.4, 0.5) is 0 Å². The normalized spacial score (nSPS) is 50.8. The number of amides is 2. The Bertz CT molecular complexity index is 2040. The SMILES string of the molecule is CC(=O)NC1[C@H](O[C@@H]2C(CO)O[C@@H](C)C(NC(C)=O)[C@H]2O)OC(CO)[C@@H](O[C@@H]2OC(O[C@H]3OC(CO[C@@H]4OC(CO)[C@@H](O)[C@H](O)C4O)[C@@H](O)[C@H](O[C@@H]4OC(CO)[C@@H](O)[C@H](O)C4O)C3O)[C@@H](O)[C@H](O[C@@H]3OC(CO)[C@H](O)[C@H](O)C3O)C2O)[C@@H]1O. The molecule has 0 radical (unpaired) electrons. The van der Waals surface area contributed by atoms with E-state index in [0.717, 1.165) is 13.8 Å². The number of rotatable bonds is 20. The molecule has 0 aromatic rings. The molecule has 22 N–H and O–H groups in total. The quantitative estimate of drug-likeness (QED) is 0.0538. The van der Waals surface area contributed by atoms with E-state index in [1.165, 1.54) is 6.92 Å². The molecule has 0 aromatic heterocycles. The summed E-state index contributed by atoms with van der Waals surface area (Å²) < 4.78 is 74.9. The molecule has 7 aliphatic heterocycles. The molecule has 0 aliphatic carbocycles. The Labute approximate surface area is 470 Å². The first kappa shape index (κ1) is 68.1. The second kappa shape index (κ2) is 29.3. The van der Waals surface area contributed by atoms with Crippen molar-refractivity contribution in [2.75, 3.05) is 39.6 Å². The van der Waals surface area contributed by atoms with Gasteiger partial charge in [-0.3, -0.25) is 9.59 Å². The summed E-state index contributed by atoms with van der Waals surface area (Å²) in [5, 5.41) is 222. The summed E-state index contributed by atoms with van der Waals surface area (Å²) in [5.41, 5.74) is 0. The summed E-state index contributed by atoms with van der Waals surface area (Å²) in [7, 11) is 0. The second-order valence-electron chi connectivity index (χ2n) is 21.1. The lowest BCUT2D eigenvalue weighted by Crippen LogP contribution is -2.70. The number of hydrogen-bond acceptors (Lipinski definition) is 35. The Kier molecular flexibility index (Phi) is 24.0. The molecule has 7 rings (SSSR count). The molecule has 0 bridgehead atoms. The standard InChI is InChI=1S/C46H78N2O35/c1-10-19(47-11(2)54)25(60)36(16(7-52)72-10)78-40-20(48-12(3)55)26(61)37(17(8-53)76-40)79-45-34(69)39(81-43-32(67)29(64)23(58)15(6-51)75-43)35(70)46(83-45)82-44-33(68)38(80-42-31(66)28(63)22(57)14(5-50)74-42)24(59)18(77-44)9-71-41-30(65)27(62)21(56)13(4-49)73-41/h10,13-46,49-53,56-70H,4-9H2,1-3H3,(H,47,54)(H,48,55)/t10-,13?,14?,15?,16?,17?,18?,19?,20?,21+,22+,23-,24+,25+,26+,27-,28-,29-,30?,31?,32?,33?,34?,35-,36+,37+,38-,39+,40-,41+,42-,43-,44+,45+,46?/m0/s1. The van der Waals surface area contributed by atoms with Crippen LogP contribution < -0.4 is 10.6 Å². The van der Waals surface area contributed by atoms with Gasteiger partial charge in [-0.1, -0.05) is 0 Å². The van der Waals surface area contributed by atoms with Crippen LogP contribution in [0.1, 0.15) is 20.8 Å². The number of aliphatic hydroxyl groups excluding tert-OH is 20. The molecule has 7 aliphatic rings. The van der Waals surface area contributed by atoms with Crippen molar-refractivity contribution in [3.63, 3.8) is 0 Å². The van der Waals surface area contributed by atoms with Gasteiger partial charge in [0.2, 0.25) is 11.8 Å². The predicted octanol–water partition coefficient (Wildman–Crippen LogP) is -15.0. The van der Waals surface area contributed by atoms with Crippen LogP contribution in [-0.4, -0.2) is 368 Å². The Morgan fingerprint density at radius 1 is 0.325 bits per heavy atom. The minimum absolute atomic E-state index is 0.588. The summed E-state index contributed by atoms with van der Waals surface area (Å²) in [6.45, 7) is -2.08. The highest BCUT2D eigenvalue weighted by molar-refractivity contribution is 5.73. The van der Waals surface area contributed by atoms with Gasteiger partial charge < -0.3 is 174 Å². The van der Waals surface area contributed by atoms with Crippen LogP contribution in [0.5, 0.6) is 0 Å². The number of hydrogen-bond donors (Lipinski definition) is 22. The van der Waals surface area contributed by atoms with Gasteiger partial charge in [0.15, 0.2) is 44.0 Å². The number of aliphatic hydroxyl groups is 20. The Morgan fingerprint density at radius 2 is 0.651 bits per heavy atom. The van der Waals surface area contributed by atoms with E-state index in [-0.39, 0.29) is 0 Å². The highest BCUT2D eigenvalue weighted by Gasteiger charge is 2.59. The lowest BCUT2D eigenvalue weighted by molar-refractivity contribution is -0.429. The minimum Gasteiger partial charge on any atom is -0.394 e. The van der Waals surface area contributed by atoms with Crippen LogP contribution in [0.15, 0.2) is 0 Å². The third-order valence-corrected chi connectivity index (χ3v) is 15.3. The maximum Gasteiger partial charge on any atom is 0.217 e. The zero-order valence-electron chi connectivity index (χ0n) is 44.5. The van der Waals surface area contributed by atoms with E-state index in [1.54, 1.807) is 0 Å². The number of nitrogens with one attached hydrogen (secondary N) is 2. The first-order valence-electron chi connectivity index (χ1n) is 26.5. The zero-order chi connectivity index (χ0) is 61.2. The molecular formula is C46H78N2O35. The van der Waals surface area contributed by atoms with E-state index in [4.69, 9.17) is 61.6 Å². The molecule has 482 valence electrons. The van der Waals surface area contributed by atoms with Gasteiger partial charge in [0, 0.05) is 13.8 Å². The van der Waals surface area contributed by atoms with Gasteiger partial charge >= 0.3 is 0 Å². The van der Waals surface area contributed by atoms with Crippen molar-refractivity contribution in [2.24, 2.45) is 0 Å². The molecule has 35 atom stereocenters. The predicted molar refractivity (Wildman–Crippen MR) is 254 cm³/mol.